The van der Waals surface area contributed by atoms with Gasteiger partial charge in [-0.15, -0.1) is 12.4 Å². The number of hydrogen-bond donors (Lipinski definition) is 2. The summed E-state index contributed by atoms with van der Waals surface area (Å²) in [4.78, 5) is 11.9. The van der Waals surface area contributed by atoms with E-state index in [4.69, 9.17) is 11.6 Å². The molecule has 0 saturated carbocycles. The van der Waals surface area contributed by atoms with Crippen molar-refractivity contribution in [1.29, 1.82) is 0 Å². The molecule has 0 aliphatic carbocycles. The zero-order valence-corrected chi connectivity index (χ0v) is 12.6. The fraction of sp³-hybridized carbons (Fsp3) is 0.500. The molecular formula is C14H20Cl2N2O. The Labute approximate surface area is 125 Å². The van der Waals surface area contributed by atoms with Gasteiger partial charge in [-0.1, -0.05) is 29.8 Å². The fourth-order valence-electron chi connectivity index (χ4n) is 2.36. The van der Waals surface area contributed by atoms with Crippen LogP contribution in [0.25, 0.3) is 0 Å². The average molecular weight is 303 g/mol. The number of piperidine rings is 1. The Kier molecular flexibility index (Phi) is 6.63. The fourth-order valence-corrected chi connectivity index (χ4v) is 2.56. The van der Waals surface area contributed by atoms with Crippen molar-refractivity contribution >= 4 is 29.9 Å². The summed E-state index contributed by atoms with van der Waals surface area (Å²) in [5.74, 6) is 0.0576. The average Bonchev–Trinajstić information content (AvgIpc) is 2.32. The minimum absolute atomic E-state index is 0. The maximum atomic E-state index is 11.9. The molecular weight excluding hydrogens is 283 g/mol. The molecule has 1 aliphatic rings. The zero-order valence-electron chi connectivity index (χ0n) is 11.0. The highest BCUT2D eigenvalue weighted by Gasteiger charge is 2.20. The largest absolute Gasteiger partial charge is 0.353 e. The molecule has 1 aromatic carbocycles. The predicted octanol–water partition coefficient (Wildman–Crippen LogP) is 2.56. The second kappa shape index (κ2) is 7.73. The molecule has 1 aromatic rings. The quantitative estimate of drug-likeness (QED) is 0.901. The van der Waals surface area contributed by atoms with Crippen molar-refractivity contribution in [3.63, 3.8) is 0 Å². The Hall–Kier alpha value is -0.770. The summed E-state index contributed by atoms with van der Waals surface area (Å²) in [5, 5.41) is 7.12. The molecule has 1 fully saturated rings. The Morgan fingerprint density at radius 1 is 1.47 bits per heavy atom. The third-order valence-electron chi connectivity index (χ3n) is 3.30. The van der Waals surface area contributed by atoms with Gasteiger partial charge in [-0.25, -0.2) is 0 Å². The van der Waals surface area contributed by atoms with Crippen LogP contribution in [-0.2, 0) is 11.2 Å². The van der Waals surface area contributed by atoms with Gasteiger partial charge in [0.1, 0.15) is 0 Å². The number of rotatable bonds is 3. The monoisotopic (exact) mass is 302 g/mol. The molecule has 2 unspecified atom stereocenters. The van der Waals surface area contributed by atoms with E-state index >= 15 is 0 Å². The van der Waals surface area contributed by atoms with Crippen molar-refractivity contribution in [1.82, 2.24) is 10.6 Å². The molecule has 5 heteroatoms. The zero-order chi connectivity index (χ0) is 13.0. The van der Waals surface area contributed by atoms with Crippen LogP contribution in [0.5, 0.6) is 0 Å². The second-order valence-electron chi connectivity index (χ2n) is 4.91. The van der Waals surface area contributed by atoms with Crippen molar-refractivity contribution < 1.29 is 4.79 Å². The molecule has 0 radical (unpaired) electrons. The smallest absolute Gasteiger partial charge is 0.224 e. The van der Waals surface area contributed by atoms with E-state index < -0.39 is 0 Å². The molecule has 106 valence electrons. The number of hydrogen-bond acceptors (Lipinski definition) is 2. The van der Waals surface area contributed by atoms with Crippen LogP contribution < -0.4 is 10.6 Å². The summed E-state index contributed by atoms with van der Waals surface area (Å²) in [5.41, 5.74) is 0.888. The molecule has 0 bridgehead atoms. The van der Waals surface area contributed by atoms with Crippen LogP contribution in [0.1, 0.15) is 25.3 Å². The SMILES string of the molecule is CC1CC(NC(=O)Cc2ccccc2Cl)CCN1.Cl. The van der Waals surface area contributed by atoms with Crippen molar-refractivity contribution in [3.05, 3.63) is 34.9 Å². The van der Waals surface area contributed by atoms with Gasteiger partial charge >= 0.3 is 0 Å². The minimum atomic E-state index is 0. The Balaban J connectivity index is 0.00000180. The third kappa shape index (κ3) is 5.01. The molecule has 1 saturated heterocycles. The van der Waals surface area contributed by atoms with Crippen LogP contribution in [0.4, 0.5) is 0 Å². The number of halogens is 2. The van der Waals surface area contributed by atoms with Crippen molar-refractivity contribution in [2.45, 2.75) is 38.3 Å². The molecule has 2 N–H and O–H groups in total. The van der Waals surface area contributed by atoms with Gasteiger partial charge in [0.15, 0.2) is 0 Å². The summed E-state index contributed by atoms with van der Waals surface area (Å²) in [6.07, 6.45) is 2.35. The van der Waals surface area contributed by atoms with Crippen molar-refractivity contribution in [2.24, 2.45) is 0 Å². The van der Waals surface area contributed by atoms with Crippen LogP contribution in [0.3, 0.4) is 0 Å². The van der Waals surface area contributed by atoms with Crippen LogP contribution in [-0.4, -0.2) is 24.5 Å². The Morgan fingerprint density at radius 3 is 2.89 bits per heavy atom. The first-order valence-corrected chi connectivity index (χ1v) is 6.79. The van der Waals surface area contributed by atoms with Crippen LogP contribution in [0.15, 0.2) is 24.3 Å². The van der Waals surface area contributed by atoms with Crippen LogP contribution in [0, 0.1) is 0 Å². The normalized spacial score (nSPS) is 22.4. The van der Waals surface area contributed by atoms with Gasteiger partial charge in [-0.05, 0) is 37.9 Å². The summed E-state index contributed by atoms with van der Waals surface area (Å²) in [7, 11) is 0. The van der Waals surface area contributed by atoms with E-state index in [0.717, 1.165) is 24.9 Å². The van der Waals surface area contributed by atoms with Gasteiger partial charge in [0, 0.05) is 17.1 Å². The molecule has 1 amide bonds. The van der Waals surface area contributed by atoms with E-state index in [9.17, 15) is 4.79 Å². The highest BCUT2D eigenvalue weighted by molar-refractivity contribution is 6.31. The number of carbonyl (C=O) groups is 1. The van der Waals surface area contributed by atoms with Gasteiger partial charge in [0.2, 0.25) is 5.91 Å². The van der Waals surface area contributed by atoms with Crippen molar-refractivity contribution in [3.8, 4) is 0 Å². The summed E-state index contributed by atoms with van der Waals surface area (Å²) < 4.78 is 0. The van der Waals surface area contributed by atoms with Gasteiger partial charge in [0.25, 0.3) is 0 Å². The van der Waals surface area contributed by atoms with E-state index in [1.165, 1.54) is 0 Å². The summed E-state index contributed by atoms with van der Waals surface area (Å²) >= 11 is 6.04. The van der Waals surface area contributed by atoms with Gasteiger partial charge in [-0.3, -0.25) is 4.79 Å². The van der Waals surface area contributed by atoms with Gasteiger partial charge < -0.3 is 10.6 Å². The molecule has 0 aromatic heterocycles. The lowest BCUT2D eigenvalue weighted by molar-refractivity contribution is -0.121. The van der Waals surface area contributed by atoms with Crippen LogP contribution in [0.2, 0.25) is 5.02 Å². The summed E-state index contributed by atoms with van der Waals surface area (Å²) in [6, 6.07) is 8.25. The van der Waals surface area contributed by atoms with Crippen molar-refractivity contribution in [2.75, 3.05) is 6.54 Å². The Morgan fingerprint density at radius 2 is 2.21 bits per heavy atom. The molecule has 19 heavy (non-hydrogen) atoms. The van der Waals surface area contributed by atoms with E-state index in [1.807, 2.05) is 24.3 Å². The molecule has 1 heterocycles. The highest BCUT2D eigenvalue weighted by Crippen LogP contribution is 2.16. The lowest BCUT2D eigenvalue weighted by Gasteiger charge is -2.28. The number of amides is 1. The van der Waals surface area contributed by atoms with Gasteiger partial charge in [-0.2, -0.15) is 0 Å². The molecule has 1 aliphatic heterocycles. The third-order valence-corrected chi connectivity index (χ3v) is 3.67. The number of nitrogens with one attached hydrogen (secondary N) is 2. The van der Waals surface area contributed by atoms with E-state index in [0.29, 0.717) is 17.5 Å². The lowest BCUT2D eigenvalue weighted by atomic mass is 10.0. The first kappa shape index (κ1) is 16.3. The van der Waals surface area contributed by atoms with E-state index in [-0.39, 0.29) is 24.4 Å². The topological polar surface area (TPSA) is 41.1 Å². The van der Waals surface area contributed by atoms with E-state index in [1.54, 1.807) is 0 Å². The Bertz CT molecular complexity index is 426. The first-order chi connectivity index (χ1) is 8.65. The number of benzene rings is 1. The first-order valence-electron chi connectivity index (χ1n) is 6.41. The molecule has 2 rings (SSSR count). The molecule has 0 spiro atoms. The molecule has 3 nitrogen and oxygen atoms in total. The van der Waals surface area contributed by atoms with E-state index in [2.05, 4.69) is 17.6 Å². The number of carbonyl (C=O) groups excluding carboxylic acids is 1. The standard InChI is InChI=1S/C14H19ClN2O.ClH/c1-10-8-12(6-7-16-10)17-14(18)9-11-4-2-3-5-13(11)15;/h2-5,10,12,16H,6-9H2,1H3,(H,17,18);1H. The second-order valence-corrected chi connectivity index (χ2v) is 5.32. The van der Waals surface area contributed by atoms with Gasteiger partial charge in [0.05, 0.1) is 6.42 Å². The van der Waals surface area contributed by atoms with Crippen LogP contribution >= 0.6 is 24.0 Å². The highest BCUT2D eigenvalue weighted by atomic mass is 35.5. The minimum Gasteiger partial charge on any atom is -0.353 e. The summed E-state index contributed by atoms with van der Waals surface area (Å²) in [6.45, 7) is 3.12. The maximum Gasteiger partial charge on any atom is 0.224 e. The lowest BCUT2D eigenvalue weighted by Crippen LogP contribution is -2.46. The predicted molar refractivity (Wildman–Crippen MR) is 81.0 cm³/mol. The molecule has 2 atom stereocenters. The maximum absolute atomic E-state index is 11.9.